The minimum absolute atomic E-state index is 0.0170. The summed E-state index contributed by atoms with van der Waals surface area (Å²) in [5.74, 6) is -1.32. The zero-order valence-corrected chi connectivity index (χ0v) is 21.3. The molecule has 8 nitrogen and oxygen atoms in total. The summed E-state index contributed by atoms with van der Waals surface area (Å²) in [4.78, 5) is 24.8. The highest BCUT2D eigenvalue weighted by Crippen LogP contribution is 2.35. The molecule has 0 aliphatic heterocycles. The standard InChI is InChI=1S/C26H19F4N5O3S/c1-35-13-18(8-16-11-32-24(37-2)33-12-16)23(36)34-25(35)39-14-15-3-6-22(17(7-15)10-31)38-19-4-5-21(27)20(9-19)26(28,29)30/h3-7,9,11-13H,8,14H2,1-2H3. The van der Waals surface area contributed by atoms with Crippen LogP contribution in [0.4, 0.5) is 17.6 Å². The summed E-state index contributed by atoms with van der Waals surface area (Å²) in [6.45, 7) is 0. The Balaban J connectivity index is 1.46. The predicted molar refractivity (Wildman–Crippen MR) is 133 cm³/mol. The molecular formula is C26H19F4N5O3S. The lowest BCUT2D eigenvalue weighted by Crippen LogP contribution is -2.18. The van der Waals surface area contributed by atoms with Gasteiger partial charge in [0.25, 0.3) is 5.56 Å². The van der Waals surface area contributed by atoms with E-state index < -0.39 is 23.1 Å². The smallest absolute Gasteiger partial charge is 0.419 e. The molecule has 4 aromatic rings. The lowest BCUT2D eigenvalue weighted by Gasteiger charge is -2.13. The number of aromatic nitrogens is 4. The van der Waals surface area contributed by atoms with Gasteiger partial charge in [-0.15, -0.1) is 0 Å². The van der Waals surface area contributed by atoms with Crippen molar-refractivity contribution in [2.75, 3.05) is 7.11 Å². The number of hydrogen-bond acceptors (Lipinski definition) is 8. The van der Waals surface area contributed by atoms with Gasteiger partial charge in [-0.3, -0.25) is 4.79 Å². The van der Waals surface area contributed by atoms with E-state index in [1.54, 1.807) is 36.3 Å². The van der Waals surface area contributed by atoms with Crippen LogP contribution in [0.25, 0.3) is 0 Å². The highest BCUT2D eigenvalue weighted by atomic mass is 32.2. The maximum Gasteiger partial charge on any atom is 0.419 e. The molecule has 0 unspecified atom stereocenters. The molecule has 2 heterocycles. The number of halogens is 4. The number of rotatable bonds is 8. The summed E-state index contributed by atoms with van der Waals surface area (Å²) >= 11 is 1.26. The lowest BCUT2D eigenvalue weighted by molar-refractivity contribution is -0.140. The van der Waals surface area contributed by atoms with E-state index >= 15 is 0 Å². The van der Waals surface area contributed by atoms with E-state index in [-0.39, 0.29) is 23.1 Å². The van der Waals surface area contributed by atoms with E-state index in [4.69, 9.17) is 9.47 Å². The second-order valence-electron chi connectivity index (χ2n) is 8.19. The monoisotopic (exact) mass is 557 g/mol. The van der Waals surface area contributed by atoms with Crippen LogP contribution in [0.15, 0.2) is 64.9 Å². The number of thioether (sulfide) groups is 1. The van der Waals surface area contributed by atoms with Crippen LogP contribution in [0.1, 0.15) is 27.8 Å². The Morgan fingerprint density at radius 1 is 1.10 bits per heavy atom. The van der Waals surface area contributed by atoms with Crippen LogP contribution in [0.2, 0.25) is 0 Å². The summed E-state index contributed by atoms with van der Waals surface area (Å²) in [6.07, 6.45) is 0.218. The number of benzene rings is 2. The normalized spacial score (nSPS) is 11.2. The molecule has 0 saturated carbocycles. The molecule has 0 radical (unpaired) electrons. The van der Waals surface area contributed by atoms with Crippen LogP contribution < -0.4 is 15.0 Å². The molecule has 0 saturated heterocycles. The molecule has 13 heteroatoms. The maximum absolute atomic E-state index is 13.6. The SMILES string of the molecule is COc1ncc(Cc2cn(C)c(SCc3ccc(Oc4ccc(F)c(C(F)(F)F)c4)c(C#N)c3)nc2=O)cn1. The van der Waals surface area contributed by atoms with Gasteiger partial charge in [0, 0.05) is 43.4 Å². The number of nitrogens with zero attached hydrogens (tertiary/aromatic N) is 5. The van der Waals surface area contributed by atoms with Crippen molar-refractivity contribution in [1.82, 2.24) is 19.5 Å². The van der Waals surface area contributed by atoms with E-state index in [2.05, 4.69) is 15.0 Å². The molecule has 0 atom stereocenters. The first-order valence-electron chi connectivity index (χ1n) is 11.2. The van der Waals surface area contributed by atoms with Crippen LogP contribution in [-0.4, -0.2) is 26.6 Å². The molecule has 0 amide bonds. The van der Waals surface area contributed by atoms with Gasteiger partial charge in [-0.05, 0) is 41.5 Å². The van der Waals surface area contributed by atoms with Crippen molar-refractivity contribution in [1.29, 1.82) is 5.26 Å². The van der Waals surface area contributed by atoms with Crippen molar-refractivity contribution in [2.24, 2.45) is 7.05 Å². The highest BCUT2D eigenvalue weighted by Gasteiger charge is 2.34. The minimum Gasteiger partial charge on any atom is -0.467 e. The van der Waals surface area contributed by atoms with Gasteiger partial charge in [-0.1, -0.05) is 17.8 Å². The van der Waals surface area contributed by atoms with E-state index in [0.717, 1.165) is 11.6 Å². The Bertz CT molecular complexity index is 1600. The van der Waals surface area contributed by atoms with Crippen LogP contribution in [0, 0.1) is 17.1 Å². The molecule has 0 aliphatic rings. The fraction of sp³-hybridized carbons (Fsp3) is 0.192. The molecule has 2 aromatic heterocycles. The van der Waals surface area contributed by atoms with Crippen LogP contribution in [-0.2, 0) is 25.4 Å². The van der Waals surface area contributed by atoms with Gasteiger partial charge in [0.05, 0.1) is 18.2 Å². The summed E-state index contributed by atoms with van der Waals surface area (Å²) in [5, 5.41) is 9.99. The van der Waals surface area contributed by atoms with Crippen molar-refractivity contribution in [3.05, 3.63) is 99.0 Å². The van der Waals surface area contributed by atoms with Crippen molar-refractivity contribution in [3.8, 4) is 23.6 Å². The van der Waals surface area contributed by atoms with Crippen molar-refractivity contribution < 1.29 is 27.0 Å². The van der Waals surface area contributed by atoms with E-state index in [1.807, 2.05) is 6.07 Å². The van der Waals surface area contributed by atoms with Crippen LogP contribution in [0.3, 0.4) is 0 Å². The van der Waals surface area contributed by atoms with Crippen LogP contribution >= 0.6 is 11.8 Å². The quantitative estimate of drug-likeness (QED) is 0.164. The number of alkyl halides is 3. The average Bonchev–Trinajstić information content (AvgIpc) is 2.91. The van der Waals surface area contributed by atoms with Crippen molar-refractivity contribution >= 4 is 11.8 Å². The third kappa shape index (κ3) is 6.71. The Hall–Kier alpha value is -4.44. The van der Waals surface area contributed by atoms with Gasteiger partial charge in [-0.2, -0.15) is 23.4 Å². The van der Waals surface area contributed by atoms with E-state index in [1.165, 1.54) is 31.0 Å². The molecule has 0 bridgehead atoms. The van der Waals surface area contributed by atoms with Crippen molar-refractivity contribution in [2.45, 2.75) is 23.5 Å². The Morgan fingerprint density at radius 2 is 1.85 bits per heavy atom. The van der Waals surface area contributed by atoms with Crippen LogP contribution in [0.5, 0.6) is 17.5 Å². The second-order valence-corrected chi connectivity index (χ2v) is 9.13. The number of ether oxygens (including phenoxy) is 2. The fourth-order valence-electron chi connectivity index (χ4n) is 3.50. The Morgan fingerprint density at radius 3 is 2.51 bits per heavy atom. The lowest BCUT2D eigenvalue weighted by atomic mass is 10.1. The minimum atomic E-state index is -4.89. The first-order valence-corrected chi connectivity index (χ1v) is 12.2. The summed E-state index contributed by atoms with van der Waals surface area (Å²) < 4.78 is 64.7. The first kappa shape index (κ1) is 27.6. The summed E-state index contributed by atoms with van der Waals surface area (Å²) in [5.41, 5.74) is 0.0750. The third-order valence-corrected chi connectivity index (χ3v) is 6.50. The van der Waals surface area contributed by atoms with Crippen molar-refractivity contribution in [3.63, 3.8) is 0 Å². The van der Waals surface area contributed by atoms with Gasteiger partial charge >= 0.3 is 12.2 Å². The van der Waals surface area contributed by atoms with Gasteiger partial charge in [0.1, 0.15) is 23.4 Å². The molecule has 0 fully saturated rings. The van der Waals surface area contributed by atoms with Gasteiger partial charge in [0.2, 0.25) is 0 Å². The van der Waals surface area contributed by atoms with E-state index in [0.29, 0.717) is 40.6 Å². The first-order chi connectivity index (χ1) is 18.6. The maximum atomic E-state index is 13.6. The molecule has 39 heavy (non-hydrogen) atoms. The van der Waals surface area contributed by atoms with Gasteiger partial charge < -0.3 is 14.0 Å². The molecule has 0 N–H and O–H groups in total. The molecule has 2 aromatic carbocycles. The number of aryl methyl sites for hydroxylation is 1. The number of methoxy groups -OCH3 is 1. The summed E-state index contributed by atoms with van der Waals surface area (Å²) in [7, 11) is 3.21. The second kappa shape index (κ2) is 11.5. The topological polar surface area (TPSA) is 103 Å². The zero-order chi connectivity index (χ0) is 28.2. The Labute approximate surface area is 223 Å². The highest BCUT2D eigenvalue weighted by molar-refractivity contribution is 7.98. The summed E-state index contributed by atoms with van der Waals surface area (Å²) in [6, 6.07) is 9.01. The van der Waals surface area contributed by atoms with E-state index in [9.17, 15) is 27.6 Å². The largest absolute Gasteiger partial charge is 0.467 e. The van der Waals surface area contributed by atoms with Gasteiger partial charge in [0.15, 0.2) is 5.16 Å². The fourth-order valence-corrected chi connectivity index (χ4v) is 4.38. The predicted octanol–water partition coefficient (Wildman–Crippen LogP) is 5.28. The molecule has 200 valence electrons. The average molecular weight is 558 g/mol. The molecular weight excluding hydrogens is 538 g/mol. The molecule has 0 aliphatic carbocycles. The number of nitriles is 1. The molecule has 4 rings (SSSR count). The number of hydrogen-bond donors (Lipinski definition) is 0. The zero-order valence-electron chi connectivity index (χ0n) is 20.5. The third-order valence-electron chi connectivity index (χ3n) is 5.39. The Kier molecular flexibility index (Phi) is 8.15. The van der Waals surface area contributed by atoms with Gasteiger partial charge in [-0.25, -0.2) is 14.4 Å². The molecule has 0 spiro atoms.